The number of halogens is 1. The van der Waals surface area contributed by atoms with E-state index in [1.54, 1.807) is 6.07 Å². The number of amides is 1. The van der Waals surface area contributed by atoms with Gasteiger partial charge in [0.1, 0.15) is 0 Å². The van der Waals surface area contributed by atoms with Crippen LogP contribution < -0.4 is 5.32 Å². The minimum atomic E-state index is -0.485. The van der Waals surface area contributed by atoms with Gasteiger partial charge in [-0.05, 0) is 38.8 Å². The topological polar surface area (TPSA) is 72.2 Å². The first kappa shape index (κ1) is 15.2. The fraction of sp³-hybridized carbons (Fsp3) is 0. The van der Waals surface area contributed by atoms with E-state index in [4.69, 9.17) is 0 Å². The molecule has 0 aromatic heterocycles. The quantitative estimate of drug-likeness (QED) is 0.533. The molecule has 3 aromatic rings. The van der Waals surface area contributed by atoms with Crippen LogP contribution in [0.4, 0.5) is 11.4 Å². The maximum Gasteiger partial charge on any atom is 0.270 e. The summed E-state index contributed by atoms with van der Waals surface area (Å²) in [4.78, 5) is 22.8. The molecule has 0 bridgehead atoms. The lowest BCUT2D eigenvalue weighted by molar-refractivity contribution is -0.384. The van der Waals surface area contributed by atoms with Crippen LogP contribution in [-0.2, 0) is 0 Å². The average molecular weight is 371 g/mol. The van der Waals surface area contributed by atoms with E-state index in [-0.39, 0.29) is 11.6 Å². The average Bonchev–Trinajstić information content (AvgIpc) is 2.56. The lowest BCUT2D eigenvalue weighted by Gasteiger charge is -2.09. The van der Waals surface area contributed by atoms with Crippen LogP contribution in [-0.4, -0.2) is 10.8 Å². The Bertz CT molecular complexity index is 919. The lowest BCUT2D eigenvalue weighted by atomic mass is 10.0. The number of fused-ring (bicyclic) bond motifs is 1. The fourth-order valence-corrected chi connectivity index (χ4v) is 2.80. The number of anilines is 1. The number of hydrogen-bond acceptors (Lipinski definition) is 3. The summed E-state index contributed by atoms with van der Waals surface area (Å²) in [6, 6.07) is 17.3. The predicted molar refractivity (Wildman–Crippen MR) is 92.7 cm³/mol. The van der Waals surface area contributed by atoms with Gasteiger partial charge in [0.15, 0.2) is 0 Å². The molecule has 114 valence electrons. The number of nitro benzene ring substituents is 1. The number of carbonyl (C=O) groups is 1. The molecule has 5 nitrogen and oxygen atoms in total. The molecule has 1 amide bonds. The maximum atomic E-state index is 12.5. The normalized spacial score (nSPS) is 10.5. The first-order chi connectivity index (χ1) is 11.1. The Labute approximate surface area is 140 Å². The number of benzene rings is 3. The van der Waals surface area contributed by atoms with Crippen molar-refractivity contribution in [2.45, 2.75) is 0 Å². The molecular weight excluding hydrogens is 360 g/mol. The molecule has 3 rings (SSSR count). The molecule has 3 aromatic carbocycles. The van der Waals surface area contributed by atoms with Gasteiger partial charge in [0.25, 0.3) is 11.6 Å². The van der Waals surface area contributed by atoms with E-state index in [9.17, 15) is 14.9 Å². The van der Waals surface area contributed by atoms with Crippen LogP contribution in [0.25, 0.3) is 10.8 Å². The van der Waals surface area contributed by atoms with Crippen molar-refractivity contribution in [2.75, 3.05) is 5.32 Å². The molecule has 0 heterocycles. The van der Waals surface area contributed by atoms with Crippen molar-refractivity contribution < 1.29 is 9.72 Å². The number of nitrogens with one attached hydrogen (secondary N) is 1. The van der Waals surface area contributed by atoms with Crippen LogP contribution in [0.1, 0.15) is 10.4 Å². The van der Waals surface area contributed by atoms with Crippen LogP contribution in [0.15, 0.2) is 65.1 Å². The van der Waals surface area contributed by atoms with Gasteiger partial charge >= 0.3 is 0 Å². The summed E-state index contributed by atoms with van der Waals surface area (Å²) in [5.74, 6) is -0.267. The minimum Gasteiger partial charge on any atom is -0.321 e. The number of carbonyl (C=O) groups excluding carboxylic acids is 1. The molecule has 0 aliphatic rings. The van der Waals surface area contributed by atoms with Crippen LogP contribution in [0.3, 0.4) is 0 Å². The molecular formula is C17H11BrN2O3. The van der Waals surface area contributed by atoms with E-state index >= 15 is 0 Å². The van der Waals surface area contributed by atoms with Crippen LogP contribution in [0, 0.1) is 10.1 Å². The molecule has 0 saturated carbocycles. The second-order valence-corrected chi connectivity index (χ2v) is 5.76. The van der Waals surface area contributed by atoms with Crippen LogP contribution >= 0.6 is 15.9 Å². The van der Waals surface area contributed by atoms with E-state index in [1.165, 1.54) is 18.2 Å². The Balaban J connectivity index is 1.94. The van der Waals surface area contributed by atoms with Crippen molar-refractivity contribution >= 4 is 44.0 Å². The second kappa shape index (κ2) is 6.18. The Morgan fingerprint density at radius 1 is 1.04 bits per heavy atom. The molecule has 1 N–H and O–H groups in total. The summed E-state index contributed by atoms with van der Waals surface area (Å²) in [6.07, 6.45) is 0. The fourth-order valence-electron chi connectivity index (χ4n) is 2.33. The molecule has 0 saturated heterocycles. The number of rotatable bonds is 3. The van der Waals surface area contributed by atoms with E-state index in [0.717, 1.165) is 10.8 Å². The third kappa shape index (κ3) is 3.07. The molecule has 0 atom stereocenters. The van der Waals surface area contributed by atoms with Gasteiger partial charge < -0.3 is 5.32 Å². The third-order valence-corrected chi connectivity index (χ3v) is 4.10. The molecule has 0 spiro atoms. The van der Waals surface area contributed by atoms with Gasteiger partial charge in [0.2, 0.25) is 0 Å². The molecule has 23 heavy (non-hydrogen) atoms. The van der Waals surface area contributed by atoms with Gasteiger partial charge in [-0.1, -0.05) is 36.4 Å². The molecule has 0 aliphatic carbocycles. The van der Waals surface area contributed by atoms with Crippen molar-refractivity contribution in [3.05, 3.63) is 80.8 Å². The number of hydrogen-bond donors (Lipinski definition) is 1. The number of nitro groups is 1. The zero-order valence-electron chi connectivity index (χ0n) is 11.8. The standard InChI is InChI=1S/C17H11BrN2O3/c18-15-10-12(20(22)23)8-9-16(15)19-17(21)14-7-3-5-11-4-1-2-6-13(11)14/h1-10H,(H,19,21). The van der Waals surface area contributed by atoms with E-state index in [1.807, 2.05) is 36.4 Å². The van der Waals surface area contributed by atoms with Crippen molar-refractivity contribution in [1.29, 1.82) is 0 Å². The summed E-state index contributed by atoms with van der Waals surface area (Å²) < 4.78 is 0.459. The van der Waals surface area contributed by atoms with Gasteiger partial charge in [0.05, 0.1) is 10.6 Å². The first-order valence-corrected chi connectivity index (χ1v) is 7.58. The van der Waals surface area contributed by atoms with E-state index in [0.29, 0.717) is 15.7 Å². The maximum absolute atomic E-state index is 12.5. The smallest absolute Gasteiger partial charge is 0.270 e. The molecule has 0 radical (unpaired) electrons. The zero-order chi connectivity index (χ0) is 16.4. The number of non-ortho nitro benzene ring substituents is 1. The predicted octanol–water partition coefficient (Wildman–Crippen LogP) is 4.76. The molecule has 0 unspecified atom stereocenters. The lowest BCUT2D eigenvalue weighted by Crippen LogP contribution is -2.12. The minimum absolute atomic E-state index is 0.0416. The van der Waals surface area contributed by atoms with E-state index < -0.39 is 4.92 Å². The molecule has 0 fully saturated rings. The van der Waals surface area contributed by atoms with E-state index in [2.05, 4.69) is 21.2 Å². The number of nitrogens with zero attached hydrogens (tertiary/aromatic N) is 1. The summed E-state index contributed by atoms with van der Waals surface area (Å²) in [6.45, 7) is 0. The monoisotopic (exact) mass is 370 g/mol. The Morgan fingerprint density at radius 3 is 2.52 bits per heavy atom. The third-order valence-electron chi connectivity index (χ3n) is 3.45. The summed E-state index contributed by atoms with van der Waals surface area (Å²) in [5.41, 5.74) is 0.988. The summed E-state index contributed by atoms with van der Waals surface area (Å²) in [7, 11) is 0. The highest BCUT2D eigenvalue weighted by molar-refractivity contribution is 9.10. The second-order valence-electron chi connectivity index (χ2n) is 4.90. The van der Waals surface area contributed by atoms with Crippen molar-refractivity contribution in [2.24, 2.45) is 0 Å². The Morgan fingerprint density at radius 2 is 1.78 bits per heavy atom. The Kier molecular flexibility index (Phi) is 4.08. The zero-order valence-corrected chi connectivity index (χ0v) is 13.4. The van der Waals surface area contributed by atoms with Crippen molar-refractivity contribution in [3.63, 3.8) is 0 Å². The van der Waals surface area contributed by atoms with Crippen molar-refractivity contribution in [3.8, 4) is 0 Å². The first-order valence-electron chi connectivity index (χ1n) is 6.79. The van der Waals surface area contributed by atoms with Gasteiger partial charge in [0, 0.05) is 22.2 Å². The largest absolute Gasteiger partial charge is 0.321 e. The molecule has 6 heteroatoms. The highest BCUT2D eigenvalue weighted by atomic mass is 79.9. The molecule has 0 aliphatic heterocycles. The highest BCUT2D eigenvalue weighted by Gasteiger charge is 2.14. The van der Waals surface area contributed by atoms with Gasteiger partial charge in [-0.2, -0.15) is 0 Å². The Hall–Kier alpha value is -2.73. The highest BCUT2D eigenvalue weighted by Crippen LogP contribution is 2.28. The van der Waals surface area contributed by atoms with Gasteiger partial charge in [-0.3, -0.25) is 14.9 Å². The van der Waals surface area contributed by atoms with Crippen LogP contribution in [0.2, 0.25) is 0 Å². The summed E-state index contributed by atoms with van der Waals surface area (Å²) >= 11 is 3.25. The summed E-state index contributed by atoms with van der Waals surface area (Å²) in [5, 5.41) is 15.4. The van der Waals surface area contributed by atoms with Gasteiger partial charge in [-0.15, -0.1) is 0 Å². The van der Waals surface area contributed by atoms with Crippen LogP contribution in [0.5, 0.6) is 0 Å². The SMILES string of the molecule is O=C(Nc1ccc([N+](=O)[O-])cc1Br)c1cccc2ccccc12. The van der Waals surface area contributed by atoms with Gasteiger partial charge in [-0.25, -0.2) is 0 Å². The van der Waals surface area contributed by atoms with Crippen molar-refractivity contribution in [1.82, 2.24) is 0 Å².